The summed E-state index contributed by atoms with van der Waals surface area (Å²) in [6, 6.07) is 13.4. The van der Waals surface area contributed by atoms with Gasteiger partial charge in [0.05, 0.1) is 0 Å². The summed E-state index contributed by atoms with van der Waals surface area (Å²) in [5, 5.41) is 9.84. The van der Waals surface area contributed by atoms with Gasteiger partial charge in [-0.15, -0.1) is 0 Å². The number of rotatable bonds is 3. The minimum atomic E-state index is -1.35. The van der Waals surface area contributed by atoms with Gasteiger partial charge in [0.2, 0.25) is 0 Å². The third-order valence-corrected chi connectivity index (χ3v) is 5.27. The second kappa shape index (κ2) is 6.85. The summed E-state index contributed by atoms with van der Waals surface area (Å²) >= 11 is 0. The van der Waals surface area contributed by atoms with E-state index < -0.39 is 11.4 Å². The van der Waals surface area contributed by atoms with E-state index in [9.17, 15) is 14.7 Å². The Morgan fingerprint density at radius 2 is 1.79 bits per heavy atom. The van der Waals surface area contributed by atoms with Crippen molar-refractivity contribution in [1.29, 1.82) is 0 Å². The molecule has 24 heavy (non-hydrogen) atoms. The number of aryl methyl sites for hydroxylation is 2. The molecule has 0 bridgehead atoms. The Labute approximate surface area is 183 Å². The maximum Gasteiger partial charge on any atom is 0.318 e. The molecule has 0 heterocycles. The molecule has 0 aromatic heterocycles. The summed E-state index contributed by atoms with van der Waals surface area (Å²) in [7, 11) is 0. The van der Waals surface area contributed by atoms with Crippen LogP contribution >= 0.6 is 0 Å². The molecule has 3 nitrogen and oxygen atoms in total. The molecule has 4 heteroatoms. The predicted octanol–water partition coefficient (Wildman–Crippen LogP) is 2.85. The van der Waals surface area contributed by atoms with Crippen LogP contribution in [0.15, 0.2) is 42.5 Å². The zero-order valence-corrected chi connectivity index (χ0v) is 17.0. The Kier molecular flexibility index (Phi) is 5.14. The number of carbonyl (C=O) groups is 2. The Morgan fingerprint density at radius 3 is 2.54 bits per heavy atom. The molecule has 0 saturated heterocycles. The molecule has 2 aliphatic carbocycles. The molecule has 4 rings (SSSR count). The van der Waals surface area contributed by atoms with Crippen LogP contribution < -0.4 is 0 Å². The van der Waals surface area contributed by atoms with Crippen molar-refractivity contribution < 1.29 is 14.7 Å². The quantitative estimate of drug-likeness (QED) is 0.687. The third kappa shape index (κ3) is 2.84. The number of hydrogen-bond donors (Lipinski definition) is 1. The van der Waals surface area contributed by atoms with E-state index in [1.54, 1.807) is 12.1 Å². The topological polar surface area (TPSA) is 54.4 Å². The van der Waals surface area contributed by atoms with E-state index in [4.69, 9.17) is 0 Å². The number of aliphatic carboxylic acids is 1. The van der Waals surface area contributed by atoms with Crippen LogP contribution in [0.1, 0.15) is 39.0 Å². The first kappa shape index (κ1) is 18.0. The fourth-order valence-corrected chi connectivity index (χ4v) is 4.03. The summed E-state index contributed by atoms with van der Waals surface area (Å²) in [6.45, 7) is 0. The van der Waals surface area contributed by atoms with E-state index in [2.05, 4.69) is 12.1 Å². The van der Waals surface area contributed by atoms with E-state index >= 15 is 0 Å². The second-order valence-corrected chi connectivity index (χ2v) is 6.68. The van der Waals surface area contributed by atoms with E-state index in [-0.39, 0.29) is 70.0 Å². The van der Waals surface area contributed by atoms with Crippen molar-refractivity contribution in [2.75, 3.05) is 0 Å². The first-order valence-electron chi connectivity index (χ1n) is 8.07. The van der Waals surface area contributed by atoms with Crippen LogP contribution in [-0.2, 0) is 30.5 Å². The minimum absolute atomic E-state index is 0. The van der Waals surface area contributed by atoms with Gasteiger partial charge >= 0.3 is 5.97 Å². The molecule has 1 radical (unpaired) electrons. The van der Waals surface area contributed by atoms with Crippen LogP contribution in [0.4, 0.5) is 0 Å². The molecular weight excluding hydrogens is 327 g/mol. The first-order chi connectivity index (χ1) is 11.1. The molecule has 0 aliphatic heterocycles. The van der Waals surface area contributed by atoms with Crippen LogP contribution in [-0.4, -0.2) is 68.2 Å². The zero-order valence-electron chi connectivity index (χ0n) is 13.8. The van der Waals surface area contributed by atoms with Gasteiger partial charge in [-0.05, 0) is 54.4 Å². The normalized spacial score (nSPS) is 21.1. The van der Waals surface area contributed by atoms with Gasteiger partial charge in [0.25, 0.3) is 0 Å². The average Bonchev–Trinajstić information content (AvgIpc) is 3.11. The Bertz CT molecular complexity index is 827. The van der Waals surface area contributed by atoms with Crippen molar-refractivity contribution in [2.45, 2.75) is 32.1 Å². The molecule has 1 N–H and O–H groups in total. The fraction of sp³-hybridized carbons (Fsp3) is 0.300. The number of carboxylic acids is 1. The summed E-state index contributed by atoms with van der Waals surface area (Å²) in [5.74, 6) is -1.26. The largest absolute Gasteiger partial charge is 0.480 e. The van der Waals surface area contributed by atoms with Crippen LogP contribution in [0.3, 0.4) is 0 Å². The van der Waals surface area contributed by atoms with Crippen molar-refractivity contribution >= 4 is 63.1 Å². The Morgan fingerprint density at radius 1 is 1.04 bits per heavy atom. The van der Waals surface area contributed by atoms with E-state index in [0.29, 0.717) is 5.56 Å². The van der Waals surface area contributed by atoms with E-state index in [1.165, 1.54) is 11.1 Å². The molecule has 2 aliphatic rings. The van der Waals surface area contributed by atoms with Crippen LogP contribution in [0.5, 0.6) is 0 Å². The maximum absolute atomic E-state index is 12.8. The molecule has 0 saturated carbocycles. The van der Waals surface area contributed by atoms with Gasteiger partial charge in [-0.25, -0.2) is 0 Å². The van der Waals surface area contributed by atoms with Crippen molar-refractivity contribution in [3.63, 3.8) is 0 Å². The summed E-state index contributed by atoms with van der Waals surface area (Å²) in [5.41, 5.74) is 3.69. The predicted molar refractivity (Wildman–Crippen MR) is 92.5 cm³/mol. The van der Waals surface area contributed by atoms with E-state index in [0.717, 1.165) is 30.4 Å². The molecule has 0 amide bonds. The maximum atomic E-state index is 12.8. The molecule has 0 fully saturated rings. The van der Waals surface area contributed by atoms with Gasteiger partial charge < -0.3 is 5.11 Å². The Balaban J connectivity index is 0.00000169. The number of ketones is 1. The molecule has 2 aromatic rings. The average molecular weight is 345 g/mol. The SMILES string of the molecule is O=C(O)C1(Cc2ccc3c(c2)CCC3)Cc2ccccc2C1=O.[K]. The number of Topliss-reactive ketones (excluding diaryl/α,β-unsaturated/α-hetero) is 1. The van der Waals surface area contributed by atoms with Gasteiger partial charge in [-0.2, -0.15) is 0 Å². The fourth-order valence-electron chi connectivity index (χ4n) is 4.03. The minimum Gasteiger partial charge on any atom is -0.480 e. The molecule has 2 aromatic carbocycles. The van der Waals surface area contributed by atoms with Gasteiger partial charge in [0.1, 0.15) is 5.41 Å². The summed E-state index contributed by atoms with van der Waals surface area (Å²) < 4.78 is 0. The monoisotopic (exact) mass is 345 g/mol. The number of fused-ring (bicyclic) bond motifs is 2. The molecule has 0 spiro atoms. The third-order valence-electron chi connectivity index (χ3n) is 5.27. The van der Waals surface area contributed by atoms with Crippen LogP contribution in [0.2, 0.25) is 0 Å². The van der Waals surface area contributed by atoms with Gasteiger partial charge in [-0.1, -0.05) is 42.5 Å². The number of benzene rings is 2. The molecule has 117 valence electrons. The Hall–Kier alpha value is -0.784. The van der Waals surface area contributed by atoms with Crippen LogP contribution in [0.25, 0.3) is 0 Å². The smallest absolute Gasteiger partial charge is 0.318 e. The summed E-state index contributed by atoms with van der Waals surface area (Å²) in [6.07, 6.45) is 3.87. The molecular formula is C20H18KO3. The van der Waals surface area contributed by atoms with Gasteiger partial charge in [-0.3, -0.25) is 9.59 Å². The van der Waals surface area contributed by atoms with Crippen molar-refractivity contribution in [2.24, 2.45) is 5.41 Å². The van der Waals surface area contributed by atoms with Gasteiger partial charge in [0, 0.05) is 56.9 Å². The van der Waals surface area contributed by atoms with Gasteiger partial charge in [0.15, 0.2) is 5.78 Å². The number of carbonyl (C=O) groups excluding carboxylic acids is 1. The number of hydrogen-bond acceptors (Lipinski definition) is 2. The van der Waals surface area contributed by atoms with Crippen LogP contribution in [0, 0.1) is 5.41 Å². The molecule has 1 atom stereocenters. The van der Waals surface area contributed by atoms with Crippen molar-refractivity contribution in [3.05, 3.63) is 70.3 Å². The van der Waals surface area contributed by atoms with Crippen molar-refractivity contribution in [3.8, 4) is 0 Å². The second-order valence-electron chi connectivity index (χ2n) is 6.68. The zero-order chi connectivity index (χ0) is 16.0. The molecule has 1 unspecified atom stereocenters. The first-order valence-corrected chi connectivity index (χ1v) is 8.07. The standard InChI is InChI=1S/C20H18O3.K/c21-18-17-7-2-1-4-16(17)12-20(18,19(22)23)11-13-8-9-14-5-3-6-15(14)10-13;/h1-2,4,7-10H,3,5-6,11-12H2,(H,22,23);. The summed E-state index contributed by atoms with van der Waals surface area (Å²) in [4.78, 5) is 24.8. The van der Waals surface area contributed by atoms with Crippen molar-refractivity contribution in [1.82, 2.24) is 0 Å². The van der Waals surface area contributed by atoms with E-state index in [1.807, 2.05) is 18.2 Å². The number of carboxylic acid groups (broad SMARTS) is 1.